The number of nitrogens with zero attached hydrogens (tertiary/aromatic N) is 2. The summed E-state index contributed by atoms with van der Waals surface area (Å²) in [5, 5.41) is 14.8. The Morgan fingerprint density at radius 1 is 0.742 bits per heavy atom. The molecule has 0 radical (unpaired) electrons. The van der Waals surface area contributed by atoms with E-state index < -0.39 is 0 Å². The number of carbonyl (C=O) groups excluding carboxylic acids is 2. The molecule has 1 heterocycles. The molecule has 1 aromatic heterocycles. The molecule has 0 unspecified atom stereocenters. The molecule has 7 heteroatoms. The Morgan fingerprint density at radius 3 is 2.06 bits per heavy atom. The Bertz CT molecular complexity index is 1230. The van der Waals surface area contributed by atoms with Crippen LogP contribution in [0.3, 0.4) is 0 Å². The van der Waals surface area contributed by atoms with E-state index in [1.807, 2.05) is 68.4 Å². The van der Waals surface area contributed by atoms with Crippen LogP contribution in [0.25, 0.3) is 10.6 Å². The summed E-state index contributed by atoms with van der Waals surface area (Å²) in [5.74, 6) is -0.461. The SMILES string of the molecule is Cc1ccc(NC(=O)c2nnc(-c3ccc(NC(=O)c4cccc(C)c4)cc3)s2)cc1. The van der Waals surface area contributed by atoms with Crippen molar-refractivity contribution in [3.63, 3.8) is 0 Å². The van der Waals surface area contributed by atoms with Crippen LogP contribution in [0.5, 0.6) is 0 Å². The zero-order valence-corrected chi connectivity index (χ0v) is 17.9. The average Bonchev–Trinajstić information content (AvgIpc) is 3.26. The van der Waals surface area contributed by atoms with Crippen molar-refractivity contribution in [2.24, 2.45) is 0 Å². The Balaban J connectivity index is 1.42. The van der Waals surface area contributed by atoms with Gasteiger partial charge in [-0.15, -0.1) is 10.2 Å². The largest absolute Gasteiger partial charge is 0.322 e. The van der Waals surface area contributed by atoms with E-state index >= 15 is 0 Å². The number of amides is 2. The molecule has 154 valence electrons. The molecule has 0 bridgehead atoms. The quantitative estimate of drug-likeness (QED) is 0.450. The molecule has 0 saturated carbocycles. The van der Waals surface area contributed by atoms with E-state index in [9.17, 15) is 9.59 Å². The third-order valence-electron chi connectivity index (χ3n) is 4.60. The van der Waals surface area contributed by atoms with E-state index in [2.05, 4.69) is 20.8 Å². The fraction of sp³-hybridized carbons (Fsp3) is 0.0833. The molecule has 2 amide bonds. The highest BCUT2D eigenvalue weighted by molar-refractivity contribution is 7.16. The standard InChI is InChI=1S/C24H20N4O2S/c1-15-6-10-19(11-7-15)26-22(30)24-28-27-23(31-24)17-8-12-20(13-9-17)25-21(29)18-5-3-4-16(2)14-18/h3-14H,1-2H3,(H,25,29)(H,26,30). The van der Waals surface area contributed by atoms with Crippen LogP contribution in [0.1, 0.15) is 31.3 Å². The minimum absolute atomic E-state index is 0.164. The Kier molecular flexibility index (Phi) is 5.86. The third-order valence-corrected chi connectivity index (χ3v) is 5.57. The van der Waals surface area contributed by atoms with E-state index in [-0.39, 0.29) is 16.8 Å². The summed E-state index contributed by atoms with van der Waals surface area (Å²) >= 11 is 1.21. The van der Waals surface area contributed by atoms with Crippen molar-refractivity contribution in [3.8, 4) is 10.6 Å². The highest BCUT2D eigenvalue weighted by Crippen LogP contribution is 2.25. The molecule has 3 aromatic carbocycles. The second kappa shape index (κ2) is 8.89. The molecule has 0 aliphatic heterocycles. The molecule has 4 rings (SSSR count). The summed E-state index contributed by atoms with van der Waals surface area (Å²) in [6.07, 6.45) is 0. The van der Waals surface area contributed by atoms with Crippen LogP contribution >= 0.6 is 11.3 Å². The van der Waals surface area contributed by atoms with Crippen molar-refractivity contribution in [2.75, 3.05) is 10.6 Å². The van der Waals surface area contributed by atoms with Gasteiger partial charge in [0, 0.05) is 22.5 Å². The lowest BCUT2D eigenvalue weighted by atomic mass is 10.1. The summed E-state index contributed by atoms with van der Waals surface area (Å²) in [6, 6.07) is 22.3. The first-order valence-electron chi connectivity index (χ1n) is 9.68. The van der Waals surface area contributed by atoms with Crippen molar-refractivity contribution >= 4 is 34.5 Å². The fourth-order valence-corrected chi connectivity index (χ4v) is 3.68. The first kappa shape index (κ1) is 20.4. The number of hydrogen-bond acceptors (Lipinski definition) is 5. The lowest BCUT2D eigenvalue weighted by Crippen LogP contribution is -2.11. The van der Waals surface area contributed by atoms with Crippen molar-refractivity contribution < 1.29 is 9.59 Å². The summed E-state index contributed by atoms with van der Waals surface area (Å²) in [6.45, 7) is 3.94. The average molecular weight is 429 g/mol. The van der Waals surface area contributed by atoms with Crippen molar-refractivity contribution in [3.05, 3.63) is 94.5 Å². The minimum Gasteiger partial charge on any atom is -0.322 e. The summed E-state index contributed by atoms with van der Waals surface area (Å²) in [4.78, 5) is 24.8. The zero-order chi connectivity index (χ0) is 21.8. The first-order valence-corrected chi connectivity index (χ1v) is 10.5. The molecular weight excluding hydrogens is 408 g/mol. The number of nitrogens with one attached hydrogen (secondary N) is 2. The van der Waals surface area contributed by atoms with Crippen LogP contribution in [0.4, 0.5) is 11.4 Å². The lowest BCUT2D eigenvalue weighted by Gasteiger charge is -2.06. The Morgan fingerprint density at radius 2 is 1.39 bits per heavy atom. The molecule has 0 saturated heterocycles. The summed E-state index contributed by atoms with van der Waals surface area (Å²) in [5.41, 5.74) is 4.97. The molecule has 2 N–H and O–H groups in total. The van der Waals surface area contributed by atoms with Crippen LogP contribution in [0.15, 0.2) is 72.8 Å². The van der Waals surface area contributed by atoms with E-state index in [1.54, 1.807) is 18.2 Å². The van der Waals surface area contributed by atoms with Gasteiger partial charge in [-0.25, -0.2) is 0 Å². The van der Waals surface area contributed by atoms with Crippen LogP contribution < -0.4 is 10.6 Å². The molecule has 31 heavy (non-hydrogen) atoms. The number of hydrogen-bond donors (Lipinski definition) is 2. The van der Waals surface area contributed by atoms with Crippen molar-refractivity contribution in [2.45, 2.75) is 13.8 Å². The van der Waals surface area contributed by atoms with Crippen LogP contribution in [-0.2, 0) is 0 Å². The molecule has 6 nitrogen and oxygen atoms in total. The van der Waals surface area contributed by atoms with Gasteiger partial charge in [-0.1, -0.05) is 46.7 Å². The number of anilines is 2. The molecule has 0 spiro atoms. The van der Waals surface area contributed by atoms with Gasteiger partial charge in [0.15, 0.2) is 0 Å². The number of benzene rings is 3. The predicted molar refractivity (Wildman–Crippen MR) is 124 cm³/mol. The first-order chi connectivity index (χ1) is 15.0. The molecule has 4 aromatic rings. The van der Waals surface area contributed by atoms with Crippen LogP contribution in [0.2, 0.25) is 0 Å². The summed E-state index contributed by atoms with van der Waals surface area (Å²) in [7, 11) is 0. The van der Waals surface area contributed by atoms with Gasteiger partial charge >= 0.3 is 0 Å². The van der Waals surface area contributed by atoms with E-state index in [1.165, 1.54) is 11.3 Å². The molecule has 0 aliphatic carbocycles. The molecule has 0 atom stereocenters. The Labute approximate surface area is 184 Å². The van der Waals surface area contributed by atoms with Gasteiger partial charge in [0.1, 0.15) is 5.01 Å². The molecule has 0 aliphatic rings. The second-order valence-corrected chi connectivity index (χ2v) is 8.11. The Hall–Kier alpha value is -3.84. The zero-order valence-electron chi connectivity index (χ0n) is 17.0. The lowest BCUT2D eigenvalue weighted by molar-refractivity contribution is 0.101. The van der Waals surface area contributed by atoms with Gasteiger partial charge in [-0.2, -0.15) is 0 Å². The molecular formula is C24H20N4O2S. The topological polar surface area (TPSA) is 84.0 Å². The van der Waals surface area contributed by atoms with Crippen LogP contribution in [-0.4, -0.2) is 22.0 Å². The van der Waals surface area contributed by atoms with Crippen molar-refractivity contribution in [1.29, 1.82) is 0 Å². The van der Waals surface area contributed by atoms with Gasteiger partial charge in [0.2, 0.25) is 5.01 Å². The number of aromatic nitrogens is 2. The number of aryl methyl sites for hydroxylation is 2. The van der Waals surface area contributed by atoms with E-state index in [0.717, 1.165) is 16.7 Å². The van der Waals surface area contributed by atoms with Gasteiger partial charge in [0.05, 0.1) is 0 Å². The normalized spacial score (nSPS) is 10.5. The monoisotopic (exact) mass is 428 g/mol. The van der Waals surface area contributed by atoms with Crippen LogP contribution in [0, 0.1) is 13.8 Å². The van der Waals surface area contributed by atoms with Gasteiger partial charge in [0.25, 0.3) is 11.8 Å². The smallest absolute Gasteiger partial charge is 0.286 e. The second-order valence-electron chi connectivity index (χ2n) is 7.13. The van der Waals surface area contributed by atoms with Gasteiger partial charge in [-0.05, 0) is 62.4 Å². The fourth-order valence-electron chi connectivity index (χ4n) is 2.94. The van der Waals surface area contributed by atoms with E-state index in [0.29, 0.717) is 21.9 Å². The summed E-state index contributed by atoms with van der Waals surface area (Å²) < 4.78 is 0. The van der Waals surface area contributed by atoms with Crippen molar-refractivity contribution in [1.82, 2.24) is 10.2 Å². The van der Waals surface area contributed by atoms with Gasteiger partial charge in [-0.3, -0.25) is 9.59 Å². The van der Waals surface area contributed by atoms with E-state index in [4.69, 9.17) is 0 Å². The maximum absolute atomic E-state index is 12.4. The maximum Gasteiger partial charge on any atom is 0.286 e. The maximum atomic E-state index is 12.4. The number of carbonyl (C=O) groups is 2. The third kappa shape index (κ3) is 5.02. The highest BCUT2D eigenvalue weighted by Gasteiger charge is 2.14. The predicted octanol–water partition coefficient (Wildman–Crippen LogP) is 5.33. The minimum atomic E-state index is -0.297. The van der Waals surface area contributed by atoms with Gasteiger partial charge < -0.3 is 10.6 Å². The molecule has 0 fully saturated rings. The highest BCUT2D eigenvalue weighted by atomic mass is 32.1. The number of rotatable bonds is 5.